The van der Waals surface area contributed by atoms with E-state index in [-0.39, 0.29) is 23.8 Å². The van der Waals surface area contributed by atoms with Gasteiger partial charge in [0, 0.05) is 29.8 Å². The first kappa shape index (κ1) is 24.8. The summed E-state index contributed by atoms with van der Waals surface area (Å²) in [6.07, 6.45) is 6.72. The second-order valence-electron chi connectivity index (χ2n) is 8.28. The highest BCUT2D eigenvalue weighted by molar-refractivity contribution is 7.13. The molecule has 1 amide bonds. The van der Waals surface area contributed by atoms with E-state index in [2.05, 4.69) is 11.8 Å². The zero-order chi connectivity index (χ0) is 23.6. The lowest BCUT2D eigenvalue weighted by Gasteiger charge is -2.23. The Balaban J connectivity index is 1.47. The van der Waals surface area contributed by atoms with Crippen molar-refractivity contribution in [2.45, 2.75) is 51.2 Å². The molecule has 1 fully saturated rings. The first-order valence-electron chi connectivity index (χ1n) is 11.3. The third-order valence-corrected chi connectivity index (χ3v) is 6.91. The van der Waals surface area contributed by atoms with Crippen LogP contribution in [0.25, 0.3) is 0 Å². The molecule has 3 rings (SSSR count). The first-order chi connectivity index (χ1) is 16.0. The average Bonchev–Trinajstić information content (AvgIpc) is 3.44. The standard InChI is InChI=1S/C27H31NO4S/c1-20(8-6-11-21-9-4-3-5-10-21)24(29)16-13-22-14-18-26(30)28(22)19-7-12-23-15-17-25(33-23)27(31)32-2/h3-5,9-10,13,15-17,20,22,24,29H,7-8,12,14,18-19H2,1-2H3/t20-,22+,24-/m1/s1. The summed E-state index contributed by atoms with van der Waals surface area (Å²) in [6.45, 7) is 2.64. The summed E-state index contributed by atoms with van der Waals surface area (Å²) in [6, 6.07) is 13.6. The molecule has 5 nitrogen and oxygen atoms in total. The lowest BCUT2D eigenvalue weighted by atomic mass is 9.99. The minimum absolute atomic E-state index is 0.00542. The van der Waals surface area contributed by atoms with Crippen molar-refractivity contribution in [3.05, 3.63) is 69.9 Å². The molecule has 0 unspecified atom stereocenters. The van der Waals surface area contributed by atoms with E-state index in [9.17, 15) is 14.7 Å². The topological polar surface area (TPSA) is 66.8 Å². The molecular formula is C27H31NO4S. The summed E-state index contributed by atoms with van der Waals surface area (Å²) >= 11 is 1.44. The van der Waals surface area contributed by atoms with Crippen LogP contribution in [-0.4, -0.2) is 47.7 Å². The number of rotatable bonds is 9. The van der Waals surface area contributed by atoms with Gasteiger partial charge >= 0.3 is 5.97 Å². The van der Waals surface area contributed by atoms with E-state index >= 15 is 0 Å². The van der Waals surface area contributed by atoms with E-state index in [1.807, 2.05) is 60.4 Å². The molecule has 1 aliphatic heterocycles. The number of aliphatic hydroxyl groups is 1. The fourth-order valence-corrected chi connectivity index (χ4v) is 4.75. The third kappa shape index (κ3) is 7.31. The van der Waals surface area contributed by atoms with Crippen LogP contribution in [0, 0.1) is 17.8 Å². The Morgan fingerprint density at radius 1 is 1.30 bits per heavy atom. The first-order valence-corrected chi connectivity index (χ1v) is 12.2. The second-order valence-corrected chi connectivity index (χ2v) is 9.45. The van der Waals surface area contributed by atoms with Crippen molar-refractivity contribution >= 4 is 23.2 Å². The van der Waals surface area contributed by atoms with Crippen LogP contribution in [0.15, 0.2) is 54.6 Å². The highest BCUT2D eigenvalue weighted by Gasteiger charge is 2.28. The van der Waals surface area contributed by atoms with Crippen molar-refractivity contribution in [2.24, 2.45) is 5.92 Å². The van der Waals surface area contributed by atoms with Crippen LogP contribution in [0.5, 0.6) is 0 Å². The summed E-state index contributed by atoms with van der Waals surface area (Å²) in [5.74, 6) is 6.12. The number of amides is 1. The molecule has 1 saturated heterocycles. The molecule has 1 aromatic heterocycles. The number of nitrogens with zero attached hydrogens (tertiary/aromatic N) is 1. The van der Waals surface area contributed by atoms with Gasteiger partial charge in [0.05, 0.1) is 19.3 Å². The van der Waals surface area contributed by atoms with E-state index in [4.69, 9.17) is 4.74 Å². The van der Waals surface area contributed by atoms with Gasteiger partial charge in [-0.2, -0.15) is 0 Å². The van der Waals surface area contributed by atoms with Gasteiger partial charge in [0.15, 0.2) is 0 Å². The number of esters is 1. The smallest absolute Gasteiger partial charge is 0.348 e. The van der Waals surface area contributed by atoms with Crippen LogP contribution in [0.1, 0.15) is 52.7 Å². The lowest BCUT2D eigenvalue weighted by Crippen LogP contribution is -2.33. The fraction of sp³-hybridized carbons (Fsp3) is 0.407. The zero-order valence-corrected chi connectivity index (χ0v) is 20.0. The van der Waals surface area contributed by atoms with Gasteiger partial charge in [-0.1, -0.05) is 49.1 Å². The highest BCUT2D eigenvalue weighted by atomic mass is 32.1. The predicted octanol–water partition coefficient (Wildman–Crippen LogP) is 4.45. The van der Waals surface area contributed by atoms with Crippen molar-refractivity contribution in [1.82, 2.24) is 4.90 Å². The van der Waals surface area contributed by atoms with Gasteiger partial charge in [-0.05, 0) is 49.4 Å². The van der Waals surface area contributed by atoms with E-state index in [0.717, 1.165) is 29.7 Å². The Labute approximate surface area is 200 Å². The van der Waals surface area contributed by atoms with Gasteiger partial charge < -0.3 is 14.7 Å². The van der Waals surface area contributed by atoms with Crippen LogP contribution in [0.2, 0.25) is 0 Å². The van der Waals surface area contributed by atoms with E-state index in [1.54, 1.807) is 6.07 Å². The molecule has 2 aromatic rings. The highest BCUT2D eigenvalue weighted by Crippen LogP contribution is 2.23. The Bertz CT molecular complexity index is 1020. The Hall–Kier alpha value is -2.88. The molecule has 174 valence electrons. The second kappa shape index (κ2) is 12.4. The number of aryl methyl sites for hydroxylation is 1. The molecule has 0 aliphatic carbocycles. The van der Waals surface area contributed by atoms with Crippen molar-refractivity contribution < 1.29 is 19.4 Å². The largest absolute Gasteiger partial charge is 0.465 e. The Kier molecular flexibility index (Phi) is 9.29. The van der Waals surface area contributed by atoms with Crippen LogP contribution < -0.4 is 0 Å². The lowest BCUT2D eigenvalue weighted by molar-refractivity contribution is -0.128. The quantitative estimate of drug-likeness (QED) is 0.337. The minimum atomic E-state index is -0.601. The maximum absolute atomic E-state index is 12.4. The number of aliphatic hydroxyl groups excluding tert-OH is 1. The number of hydrogen-bond donors (Lipinski definition) is 1. The monoisotopic (exact) mass is 465 g/mol. The molecule has 2 heterocycles. The van der Waals surface area contributed by atoms with Crippen molar-refractivity contribution in [2.75, 3.05) is 13.7 Å². The van der Waals surface area contributed by atoms with E-state index in [0.29, 0.717) is 24.3 Å². The molecule has 0 saturated carbocycles. The fourth-order valence-electron chi connectivity index (χ4n) is 3.78. The van der Waals surface area contributed by atoms with Gasteiger partial charge in [0.25, 0.3) is 0 Å². The normalized spacial score (nSPS) is 17.6. The van der Waals surface area contributed by atoms with Crippen LogP contribution in [0.3, 0.4) is 0 Å². The Morgan fingerprint density at radius 3 is 2.85 bits per heavy atom. The molecule has 0 bridgehead atoms. The number of likely N-dealkylation sites (tertiary alicyclic amines) is 1. The summed E-state index contributed by atoms with van der Waals surface area (Å²) in [5, 5.41) is 10.5. The maximum atomic E-state index is 12.4. The number of benzene rings is 1. The maximum Gasteiger partial charge on any atom is 0.348 e. The number of methoxy groups -OCH3 is 1. The molecule has 33 heavy (non-hydrogen) atoms. The third-order valence-electron chi connectivity index (χ3n) is 5.79. The molecule has 6 heteroatoms. The van der Waals surface area contributed by atoms with Crippen molar-refractivity contribution in [3.63, 3.8) is 0 Å². The number of thiophene rings is 1. The van der Waals surface area contributed by atoms with Crippen molar-refractivity contribution in [1.29, 1.82) is 0 Å². The van der Waals surface area contributed by atoms with Crippen LogP contribution in [0.4, 0.5) is 0 Å². The van der Waals surface area contributed by atoms with E-state index < -0.39 is 6.10 Å². The van der Waals surface area contributed by atoms with Gasteiger partial charge in [-0.3, -0.25) is 4.79 Å². The summed E-state index contributed by atoms with van der Waals surface area (Å²) < 4.78 is 4.75. The van der Waals surface area contributed by atoms with Crippen molar-refractivity contribution in [3.8, 4) is 11.8 Å². The molecule has 0 radical (unpaired) electrons. The van der Waals surface area contributed by atoms with Gasteiger partial charge in [0.1, 0.15) is 4.88 Å². The van der Waals surface area contributed by atoms with Gasteiger partial charge in [0.2, 0.25) is 5.91 Å². The number of hydrogen-bond acceptors (Lipinski definition) is 5. The summed E-state index contributed by atoms with van der Waals surface area (Å²) in [5.41, 5.74) is 0.971. The average molecular weight is 466 g/mol. The number of ether oxygens (including phenoxy) is 1. The SMILES string of the molecule is COC(=O)c1ccc(CCCN2C(=O)CC[C@@H]2C=C[C@@H](O)[C@H](C)CC#Cc2ccccc2)s1. The predicted molar refractivity (Wildman–Crippen MR) is 131 cm³/mol. The summed E-state index contributed by atoms with van der Waals surface area (Å²) in [4.78, 5) is 27.6. The van der Waals surface area contributed by atoms with E-state index in [1.165, 1.54) is 18.4 Å². The minimum Gasteiger partial charge on any atom is -0.465 e. The van der Waals surface area contributed by atoms with Crippen LogP contribution >= 0.6 is 11.3 Å². The van der Waals surface area contributed by atoms with Crippen LogP contribution in [-0.2, 0) is 16.0 Å². The number of carbonyl (C=O) groups is 2. The van der Waals surface area contributed by atoms with Gasteiger partial charge in [-0.15, -0.1) is 11.3 Å². The molecular weight excluding hydrogens is 434 g/mol. The Morgan fingerprint density at radius 2 is 2.09 bits per heavy atom. The molecule has 1 N–H and O–H groups in total. The number of carbonyl (C=O) groups excluding carboxylic acids is 2. The summed E-state index contributed by atoms with van der Waals surface area (Å²) in [7, 11) is 1.38. The molecule has 3 atom stereocenters. The zero-order valence-electron chi connectivity index (χ0n) is 19.2. The van der Waals surface area contributed by atoms with Gasteiger partial charge in [-0.25, -0.2) is 4.79 Å². The molecule has 1 aromatic carbocycles. The molecule has 1 aliphatic rings. The molecule has 0 spiro atoms.